The number of carbonyl (C=O) groups excluding carboxylic acids is 2. The largest absolute Gasteiger partial charge is 0.336 e. The summed E-state index contributed by atoms with van der Waals surface area (Å²) in [4.78, 5) is 29.4. The summed E-state index contributed by atoms with van der Waals surface area (Å²) in [6, 6.07) is 11.9. The molecule has 0 atom stereocenters. The SMILES string of the molecule is CN1C(=O)C(c2cccs2)=C(N2CCCc3ccccc32)C1=O. The Kier molecular flexibility index (Phi) is 3.31. The minimum absolute atomic E-state index is 0.212. The summed E-state index contributed by atoms with van der Waals surface area (Å²) in [7, 11) is 1.56. The van der Waals surface area contributed by atoms with E-state index in [1.807, 2.05) is 40.6 Å². The van der Waals surface area contributed by atoms with Crippen LogP contribution in [0.2, 0.25) is 0 Å². The average molecular weight is 324 g/mol. The molecule has 0 fully saturated rings. The molecule has 1 aromatic carbocycles. The second-order valence-corrected chi connectivity index (χ2v) is 6.70. The second-order valence-electron chi connectivity index (χ2n) is 5.75. The number of aryl methyl sites for hydroxylation is 1. The van der Waals surface area contributed by atoms with Crippen LogP contribution in [-0.2, 0) is 16.0 Å². The topological polar surface area (TPSA) is 40.6 Å². The smallest absolute Gasteiger partial charge is 0.277 e. The lowest BCUT2D eigenvalue weighted by molar-refractivity contribution is -0.135. The Labute approximate surface area is 138 Å². The number of hydrogen-bond acceptors (Lipinski definition) is 4. The highest BCUT2D eigenvalue weighted by atomic mass is 32.1. The van der Waals surface area contributed by atoms with Crippen molar-refractivity contribution in [2.24, 2.45) is 0 Å². The van der Waals surface area contributed by atoms with Crippen LogP contribution < -0.4 is 4.90 Å². The molecule has 0 N–H and O–H groups in total. The number of nitrogens with zero attached hydrogens (tertiary/aromatic N) is 2. The van der Waals surface area contributed by atoms with Crippen LogP contribution in [0.25, 0.3) is 5.57 Å². The van der Waals surface area contributed by atoms with Crippen molar-refractivity contribution in [3.63, 3.8) is 0 Å². The van der Waals surface area contributed by atoms with Crippen LogP contribution in [0.3, 0.4) is 0 Å². The fraction of sp³-hybridized carbons (Fsp3) is 0.222. The molecule has 1 aromatic heterocycles. The van der Waals surface area contributed by atoms with Crippen molar-refractivity contribution >= 4 is 34.4 Å². The van der Waals surface area contributed by atoms with Crippen molar-refractivity contribution in [3.05, 3.63) is 57.9 Å². The molecule has 0 bridgehead atoms. The second kappa shape index (κ2) is 5.35. The third kappa shape index (κ3) is 2.11. The maximum Gasteiger partial charge on any atom is 0.277 e. The number of amides is 2. The molecule has 0 saturated carbocycles. The van der Waals surface area contributed by atoms with E-state index in [1.165, 1.54) is 21.8 Å². The molecule has 4 nitrogen and oxygen atoms in total. The normalized spacial score (nSPS) is 18.0. The van der Waals surface area contributed by atoms with E-state index in [1.54, 1.807) is 7.05 Å². The first kappa shape index (κ1) is 14.2. The van der Waals surface area contributed by atoms with Crippen molar-refractivity contribution in [1.82, 2.24) is 4.90 Å². The van der Waals surface area contributed by atoms with E-state index in [4.69, 9.17) is 0 Å². The number of carbonyl (C=O) groups is 2. The molecule has 116 valence electrons. The zero-order valence-corrected chi connectivity index (χ0v) is 13.6. The predicted molar refractivity (Wildman–Crippen MR) is 91.1 cm³/mol. The summed E-state index contributed by atoms with van der Waals surface area (Å²) in [5.41, 5.74) is 3.32. The highest BCUT2D eigenvalue weighted by molar-refractivity contribution is 7.11. The van der Waals surface area contributed by atoms with Gasteiger partial charge in [0.1, 0.15) is 5.70 Å². The Morgan fingerprint density at radius 3 is 2.65 bits per heavy atom. The van der Waals surface area contributed by atoms with Gasteiger partial charge in [0, 0.05) is 24.2 Å². The van der Waals surface area contributed by atoms with Crippen LogP contribution in [0.1, 0.15) is 16.9 Å². The molecule has 0 radical (unpaired) electrons. The minimum atomic E-state index is -0.213. The van der Waals surface area contributed by atoms with Crippen molar-refractivity contribution in [3.8, 4) is 0 Å². The average Bonchev–Trinajstić information content (AvgIpc) is 3.17. The Bertz CT molecular complexity index is 823. The number of hydrogen-bond donors (Lipinski definition) is 0. The van der Waals surface area contributed by atoms with Gasteiger partial charge in [0.25, 0.3) is 11.8 Å². The molecule has 0 aliphatic carbocycles. The molecule has 5 heteroatoms. The molecular formula is C18H16N2O2S. The van der Waals surface area contributed by atoms with Crippen molar-refractivity contribution in [2.45, 2.75) is 12.8 Å². The van der Waals surface area contributed by atoms with Crippen LogP contribution in [-0.4, -0.2) is 30.3 Å². The maximum absolute atomic E-state index is 12.7. The zero-order chi connectivity index (χ0) is 16.0. The van der Waals surface area contributed by atoms with Crippen molar-refractivity contribution < 1.29 is 9.59 Å². The highest BCUT2D eigenvalue weighted by Gasteiger charge is 2.41. The van der Waals surface area contributed by atoms with E-state index in [2.05, 4.69) is 6.07 Å². The molecule has 0 spiro atoms. The molecule has 2 aromatic rings. The van der Waals surface area contributed by atoms with Gasteiger partial charge >= 0.3 is 0 Å². The van der Waals surface area contributed by atoms with E-state index < -0.39 is 0 Å². The molecule has 2 aliphatic rings. The van der Waals surface area contributed by atoms with Gasteiger partial charge in [0.2, 0.25) is 0 Å². The summed E-state index contributed by atoms with van der Waals surface area (Å²) < 4.78 is 0. The molecule has 0 unspecified atom stereocenters. The number of anilines is 1. The van der Waals surface area contributed by atoms with Crippen LogP contribution in [0, 0.1) is 0 Å². The molecule has 2 aliphatic heterocycles. The fourth-order valence-corrected chi connectivity index (χ4v) is 4.05. The molecular weight excluding hydrogens is 308 g/mol. The Balaban J connectivity index is 1.92. The first-order chi connectivity index (χ1) is 11.2. The van der Waals surface area contributed by atoms with Gasteiger partial charge in [-0.2, -0.15) is 0 Å². The molecule has 3 heterocycles. The maximum atomic E-state index is 12.7. The van der Waals surface area contributed by atoms with Gasteiger partial charge < -0.3 is 4.90 Å². The van der Waals surface area contributed by atoms with Crippen LogP contribution in [0.15, 0.2) is 47.5 Å². The summed E-state index contributed by atoms with van der Waals surface area (Å²) in [6.45, 7) is 0.758. The summed E-state index contributed by atoms with van der Waals surface area (Å²) >= 11 is 1.49. The number of benzene rings is 1. The molecule has 4 rings (SSSR count). The number of likely N-dealkylation sites (N-methyl/N-ethyl adjacent to an activating group) is 1. The Hall–Kier alpha value is -2.40. The fourth-order valence-electron chi connectivity index (χ4n) is 3.29. The minimum Gasteiger partial charge on any atom is -0.336 e. The van der Waals surface area contributed by atoms with E-state index in [0.29, 0.717) is 11.3 Å². The third-order valence-electron chi connectivity index (χ3n) is 4.41. The van der Waals surface area contributed by atoms with E-state index in [-0.39, 0.29) is 11.8 Å². The lowest BCUT2D eigenvalue weighted by Gasteiger charge is -2.31. The Morgan fingerprint density at radius 1 is 1.04 bits per heavy atom. The van der Waals surface area contributed by atoms with Crippen molar-refractivity contribution in [1.29, 1.82) is 0 Å². The third-order valence-corrected chi connectivity index (χ3v) is 5.30. The quantitative estimate of drug-likeness (QED) is 0.798. The Morgan fingerprint density at radius 2 is 1.87 bits per heavy atom. The van der Waals surface area contributed by atoms with Crippen molar-refractivity contribution in [2.75, 3.05) is 18.5 Å². The van der Waals surface area contributed by atoms with Gasteiger partial charge in [-0.25, -0.2) is 0 Å². The number of imide groups is 1. The number of thiophene rings is 1. The summed E-state index contributed by atoms with van der Waals surface area (Å²) in [5, 5.41) is 1.93. The summed E-state index contributed by atoms with van der Waals surface area (Å²) in [6.07, 6.45) is 1.98. The van der Waals surface area contributed by atoms with E-state index in [9.17, 15) is 9.59 Å². The first-order valence-electron chi connectivity index (χ1n) is 7.64. The van der Waals surface area contributed by atoms with Gasteiger partial charge in [0.05, 0.1) is 5.57 Å². The number of para-hydroxylation sites is 1. The van der Waals surface area contributed by atoms with E-state index in [0.717, 1.165) is 30.0 Å². The van der Waals surface area contributed by atoms with Crippen LogP contribution in [0.4, 0.5) is 5.69 Å². The van der Waals surface area contributed by atoms with Gasteiger partial charge in [0.15, 0.2) is 0 Å². The van der Waals surface area contributed by atoms with Gasteiger partial charge in [-0.1, -0.05) is 24.3 Å². The van der Waals surface area contributed by atoms with Gasteiger partial charge in [-0.05, 0) is 35.9 Å². The zero-order valence-electron chi connectivity index (χ0n) is 12.8. The van der Waals surface area contributed by atoms with Crippen LogP contribution >= 0.6 is 11.3 Å². The number of fused-ring (bicyclic) bond motifs is 1. The lowest BCUT2D eigenvalue weighted by Crippen LogP contribution is -2.35. The highest BCUT2D eigenvalue weighted by Crippen LogP contribution is 2.38. The summed E-state index contributed by atoms with van der Waals surface area (Å²) in [5.74, 6) is -0.425. The molecule has 23 heavy (non-hydrogen) atoms. The molecule has 2 amide bonds. The molecule has 0 saturated heterocycles. The lowest BCUT2D eigenvalue weighted by atomic mass is 10.00. The van der Waals surface area contributed by atoms with Gasteiger partial charge in [-0.15, -0.1) is 11.3 Å². The van der Waals surface area contributed by atoms with Crippen LogP contribution in [0.5, 0.6) is 0 Å². The predicted octanol–water partition coefficient (Wildman–Crippen LogP) is 2.91. The number of rotatable bonds is 2. The first-order valence-corrected chi connectivity index (χ1v) is 8.52. The monoisotopic (exact) mass is 324 g/mol. The van der Waals surface area contributed by atoms with Gasteiger partial charge in [-0.3, -0.25) is 14.5 Å². The standard InChI is InChI=1S/C18H16N2O2S/c1-19-17(21)15(14-9-5-11-23-14)16(18(19)22)20-10-4-7-12-6-2-3-8-13(12)20/h2-3,5-6,8-9,11H,4,7,10H2,1H3. The van der Waals surface area contributed by atoms with E-state index >= 15 is 0 Å².